The number of aliphatic carboxylic acids is 1. The van der Waals surface area contributed by atoms with Crippen molar-refractivity contribution < 1.29 is 24.9 Å². The summed E-state index contributed by atoms with van der Waals surface area (Å²) in [5, 5.41) is 29.3. The smallest absolute Gasteiger partial charge is 0.305 e. The van der Waals surface area contributed by atoms with E-state index in [2.05, 4.69) is 5.32 Å². The molecule has 1 amide bonds. The fraction of sp³-hybridized carbons (Fsp3) is 0.750. The summed E-state index contributed by atoms with van der Waals surface area (Å²) in [4.78, 5) is 23.1. The molecule has 1 rings (SSSR count). The molecule has 86 valence electrons. The molecule has 0 saturated carbocycles. The highest BCUT2D eigenvalue weighted by atomic mass is 16.4. The van der Waals surface area contributed by atoms with Crippen LogP contribution in [0.4, 0.5) is 0 Å². The van der Waals surface area contributed by atoms with E-state index in [1.165, 1.54) is 0 Å². The molecule has 7 nitrogen and oxygen atoms in total. The number of amides is 1. The Morgan fingerprint density at radius 3 is 2.87 bits per heavy atom. The van der Waals surface area contributed by atoms with E-state index in [1.807, 2.05) is 0 Å². The van der Waals surface area contributed by atoms with Crippen molar-refractivity contribution >= 4 is 11.9 Å². The molecule has 0 radical (unpaired) electrons. The summed E-state index contributed by atoms with van der Waals surface area (Å²) in [5.74, 6) is -1.58. The molecule has 1 saturated heterocycles. The van der Waals surface area contributed by atoms with Gasteiger partial charge >= 0.3 is 5.97 Å². The van der Waals surface area contributed by atoms with Crippen LogP contribution in [0, 0.1) is 0 Å². The first kappa shape index (κ1) is 11.9. The van der Waals surface area contributed by atoms with E-state index in [0.29, 0.717) is 6.54 Å². The lowest BCUT2D eigenvalue weighted by atomic mass is 10.1. The van der Waals surface area contributed by atoms with Crippen LogP contribution in [0.2, 0.25) is 0 Å². The van der Waals surface area contributed by atoms with Gasteiger partial charge in [0.2, 0.25) is 5.91 Å². The molecule has 0 aromatic carbocycles. The normalized spacial score (nSPS) is 24.0. The van der Waals surface area contributed by atoms with Crippen LogP contribution in [0.5, 0.6) is 0 Å². The van der Waals surface area contributed by atoms with Crippen molar-refractivity contribution in [1.29, 1.82) is 0 Å². The van der Waals surface area contributed by atoms with Gasteiger partial charge in [0.25, 0.3) is 0 Å². The lowest BCUT2D eigenvalue weighted by Crippen LogP contribution is -2.59. The average Bonchev–Trinajstić information content (AvgIpc) is 2.19. The van der Waals surface area contributed by atoms with Gasteiger partial charge in [-0.1, -0.05) is 0 Å². The number of carbonyl (C=O) groups excluding carboxylic acids is 1. The first-order valence-electron chi connectivity index (χ1n) is 4.61. The minimum atomic E-state index is -1.25. The van der Waals surface area contributed by atoms with Crippen LogP contribution in [-0.4, -0.2) is 64.1 Å². The van der Waals surface area contributed by atoms with E-state index in [1.54, 1.807) is 0 Å². The van der Waals surface area contributed by atoms with Gasteiger partial charge in [0.15, 0.2) is 6.23 Å². The number of aliphatic hydroxyl groups excluding tert-OH is 2. The molecule has 2 atom stereocenters. The Bertz CT molecular complexity index is 257. The van der Waals surface area contributed by atoms with Gasteiger partial charge in [0.05, 0.1) is 19.1 Å². The average molecular weight is 218 g/mol. The van der Waals surface area contributed by atoms with Gasteiger partial charge in [-0.3, -0.25) is 9.59 Å². The van der Waals surface area contributed by atoms with Gasteiger partial charge in [0.1, 0.15) is 0 Å². The quantitative estimate of drug-likeness (QED) is 0.418. The number of carboxylic acids is 1. The fourth-order valence-electron chi connectivity index (χ4n) is 1.49. The number of nitrogens with zero attached hydrogens (tertiary/aromatic N) is 1. The van der Waals surface area contributed by atoms with Crippen molar-refractivity contribution in [2.24, 2.45) is 0 Å². The van der Waals surface area contributed by atoms with Crippen LogP contribution in [0.25, 0.3) is 0 Å². The predicted octanol–water partition coefficient (Wildman–Crippen LogP) is -2.43. The van der Waals surface area contributed by atoms with Crippen LogP contribution in [-0.2, 0) is 9.59 Å². The lowest BCUT2D eigenvalue weighted by molar-refractivity contribution is -0.153. The highest BCUT2D eigenvalue weighted by Crippen LogP contribution is 2.07. The maximum Gasteiger partial charge on any atom is 0.305 e. The Morgan fingerprint density at radius 1 is 1.67 bits per heavy atom. The van der Waals surface area contributed by atoms with Gasteiger partial charge < -0.3 is 25.5 Å². The van der Waals surface area contributed by atoms with Crippen molar-refractivity contribution in [2.45, 2.75) is 18.7 Å². The summed E-state index contributed by atoms with van der Waals surface area (Å²) in [6.07, 6.45) is -1.58. The van der Waals surface area contributed by atoms with E-state index in [0.717, 1.165) is 4.90 Å². The Labute approximate surface area is 86.3 Å². The minimum Gasteiger partial charge on any atom is -0.481 e. The molecule has 0 bridgehead atoms. The molecule has 1 fully saturated rings. The molecule has 4 N–H and O–H groups in total. The Hall–Kier alpha value is -1.18. The van der Waals surface area contributed by atoms with E-state index in [4.69, 9.17) is 10.2 Å². The number of aliphatic hydroxyl groups is 2. The molecule has 0 aromatic rings. The largest absolute Gasteiger partial charge is 0.481 e. The number of hydrogen-bond donors (Lipinski definition) is 4. The molecular formula is C8H14N2O5. The highest BCUT2D eigenvalue weighted by molar-refractivity contribution is 5.86. The van der Waals surface area contributed by atoms with E-state index in [9.17, 15) is 14.7 Å². The van der Waals surface area contributed by atoms with E-state index in [-0.39, 0.29) is 13.0 Å². The molecule has 0 spiro atoms. The van der Waals surface area contributed by atoms with Gasteiger partial charge in [0, 0.05) is 13.1 Å². The first-order chi connectivity index (χ1) is 7.06. The van der Waals surface area contributed by atoms with Gasteiger partial charge in [-0.2, -0.15) is 0 Å². The van der Waals surface area contributed by atoms with Crippen LogP contribution < -0.4 is 5.32 Å². The van der Waals surface area contributed by atoms with Crippen LogP contribution in [0.15, 0.2) is 0 Å². The maximum atomic E-state index is 11.6. The second-order valence-electron chi connectivity index (χ2n) is 3.30. The number of piperazine rings is 1. The van der Waals surface area contributed by atoms with Crippen molar-refractivity contribution in [3.8, 4) is 0 Å². The van der Waals surface area contributed by atoms with Gasteiger partial charge in [-0.15, -0.1) is 0 Å². The number of carboxylic acid groups (broad SMARTS) is 1. The summed E-state index contributed by atoms with van der Waals surface area (Å²) in [7, 11) is 0. The zero-order valence-corrected chi connectivity index (χ0v) is 8.09. The molecule has 15 heavy (non-hydrogen) atoms. The summed E-state index contributed by atoms with van der Waals surface area (Å²) < 4.78 is 0. The monoisotopic (exact) mass is 218 g/mol. The highest BCUT2D eigenvalue weighted by Gasteiger charge is 2.32. The second kappa shape index (κ2) is 5.06. The molecular weight excluding hydrogens is 204 g/mol. The first-order valence-corrected chi connectivity index (χ1v) is 4.61. The molecule has 1 aliphatic rings. The van der Waals surface area contributed by atoms with Crippen molar-refractivity contribution in [2.75, 3.05) is 19.7 Å². The standard InChI is InChI=1S/C8H14N2O5/c11-4-6(12)10-2-1-9-5(8(10)15)3-7(13)14/h5-6,9,11-12H,1-4H2,(H,13,14). The molecule has 2 unspecified atom stereocenters. The van der Waals surface area contributed by atoms with Crippen LogP contribution in [0.3, 0.4) is 0 Å². The van der Waals surface area contributed by atoms with E-state index < -0.39 is 30.8 Å². The maximum absolute atomic E-state index is 11.6. The Kier molecular flexibility index (Phi) is 4.01. The summed E-state index contributed by atoms with van der Waals surface area (Å²) in [6, 6.07) is -0.822. The number of rotatable bonds is 4. The Balaban J connectivity index is 2.62. The second-order valence-corrected chi connectivity index (χ2v) is 3.30. The topological polar surface area (TPSA) is 110 Å². The zero-order chi connectivity index (χ0) is 11.4. The Morgan fingerprint density at radius 2 is 2.33 bits per heavy atom. The third-order valence-electron chi connectivity index (χ3n) is 2.23. The van der Waals surface area contributed by atoms with Gasteiger partial charge in [-0.25, -0.2) is 0 Å². The third kappa shape index (κ3) is 2.88. The summed E-state index contributed by atoms with van der Waals surface area (Å²) in [5.41, 5.74) is 0. The van der Waals surface area contributed by atoms with Crippen molar-refractivity contribution in [3.05, 3.63) is 0 Å². The SMILES string of the molecule is O=C(O)CC1NCCN(C(O)CO)C1=O. The predicted molar refractivity (Wildman–Crippen MR) is 48.8 cm³/mol. The lowest BCUT2D eigenvalue weighted by Gasteiger charge is -2.35. The molecule has 0 aliphatic carbocycles. The van der Waals surface area contributed by atoms with Crippen molar-refractivity contribution in [1.82, 2.24) is 10.2 Å². The summed E-state index contributed by atoms with van der Waals surface area (Å²) >= 11 is 0. The number of nitrogens with one attached hydrogen (secondary N) is 1. The number of carbonyl (C=O) groups is 2. The van der Waals surface area contributed by atoms with Crippen molar-refractivity contribution in [3.63, 3.8) is 0 Å². The molecule has 7 heteroatoms. The van der Waals surface area contributed by atoms with Crippen LogP contribution >= 0.6 is 0 Å². The minimum absolute atomic E-state index is 0.261. The molecule has 1 aliphatic heterocycles. The number of hydrogen-bond acceptors (Lipinski definition) is 5. The molecule has 1 heterocycles. The third-order valence-corrected chi connectivity index (χ3v) is 2.23. The fourth-order valence-corrected chi connectivity index (χ4v) is 1.49. The molecule has 0 aromatic heterocycles. The van der Waals surface area contributed by atoms with E-state index >= 15 is 0 Å². The summed E-state index contributed by atoms with van der Waals surface area (Å²) in [6.45, 7) is 0.114. The van der Waals surface area contributed by atoms with Gasteiger partial charge in [-0.05, 0) is 0 Å². The van der Waals surface area contributed by atoms with Crippen LogP contribution in [0.1, 0.15) is 6.42 Å². The zero-order valence-electron chi connectivity index (χ0n) is 8.09.